The van der Waals surface area contributed by atoms with E-state index >= 15 is 0 Å². The van der Waals surface area contributed by atoms with Crippen LogP contribution in [0.3, 0.4) is 0 Å². The molecule has 2 saturated heterocycles. The van der Waals surface area contributed by atoms with Gasteiger partial charge in [-0.3, -0.25) is 4.90 Å². The van der Waals surface area contributed by atoms with Gasteiger partial charge in [0.1, 0.15) is 11.4 Å². The molecule has 2 aliphatic rings. The molecular formula is C23H23N5O2. The summed E-state index contributed by atoms with van der Waals surface area (Å²) in [4.78, 5) is 2.50. The minimum Gasteiger partial charge on any atom is -0.507 e. The lowest BCUT2D eigenvalue weighted by Crippen LogP contribution is -2.54. The van der Waals surface area contributed by atoms with Gasteiger partial charge in [-0.15, -0.1) is 10.2 Å². The molecule has 2 N–H and O–H groups in total. The molecule has 7 nitrogen and oxygen atoms in total. The Morgan fingerprint density at radius 1 is 1.13 bits per heavy atom. The lowest BCUT2D eigenvalue weighted by Gasteiger charge is -2.42. The van der Waals surface area contributed by atoms with Crippen LogP contribution in [0.25, 0.3) is 22.0 Å². The second-order valence-electron chi connectivity index (χ2n) is 7.96. The zero-order valence-corrected chi connectivity index (χ0v) is 16.6. The summed E-state index contributed by atoms with van der Waals surface area (Å²) in [7, 11) is 0. The van der Waals surface area contributed by atoms with E-state index in [2.05, 4.69) is 20.4 Å². The van der Waals surface area contributed by atoms with E-state index < -0.39 is 0 Å². The number of nitrogens with zero attached hydrogens (tertiary/aromatic N) is 4. The van der Waals surface area contributed by atoms with Gasteiger partial charge in [0, 0.05) is 28.9 Å². The van der Waals surface area contributed by atoms with E-state index in [4.69, 9.17) is 10.00 Å². The molecule has 3 heterocycles. The predicted octanol–water partition coefficient (Wildman–Crippen LogP) is 3.15. The largest absolute Gasteiger partial charge is 0.507 e. The monoisotopic (exact) mass is 401 g/mol. The normalized spacial score (nSPS) is 19.9. The van der Waals surface area contributed by atoms with Crippen LogP contribution in [0.2, 0.25) is 0 Å². The van der Waals surface area contributed by atoms with Crippen LogP contribution in [0.1, 0.15) is 18.4 Å². The SMILES string of the molecule is N#Cc1ccc(-c2nnc(NC3CCCN(C4COC4)C3)c3ccccc23)c(O)c1. The number of aromatic hydroxyl groups is 1. The van der Waals surface area contributed by atoms with Gasteiger partial charge in [-0.2, -0.15) is 5.26 Å². The molecule has 7 heteroatoms. The minimum atomic E-state index is 0.0276. The Morgan fingerprint density at radius 3 is 2.70 bits per heavy atom. The zero-order chi connectivity index (χ0) is 20.5. The van der Waals surface area contributed by atoms with Crippen LogP contribution in [-0.2, 0) is 4.74 Å². The fraction of sp³-hybridized carbons (Fsp3) is 0.348. The summed E-state index contributed by atoms with van der Waals surface area (Å²) in [5.74, 6) is 0.791. The summed E-state index contributed by atoms with van der Waals surface area (Å²) in [6, 6.07) is 15.7. The van der Waals surface area contributed by atoms with Crippen molar-refractivity contribution in [1.82, 2.24) is 15.1 Å². The Balaban J connectivity index is 1.46. The van der Waals surface area contributed by atoms with Crippen molar-refractivity contribution in [3.8, 4) is 23.1 Å². The first-order valence-corrected chi connectivity index (χ1v) is 10.3. The Kier molecular flexibility index (Phi) is 4.95. The smallest absolute Gasteiger partial charge is 0.156 e. The van der Waals surface area contributed by atoms with Gasteiger partial charge in [-0.25, -0.2) is 0 Å². The summed E-state index contributed by atoms with van der Waals surface area (Å²) in [6.45, 7) is 3.76. The van der Waals surface area contributed by atoms with Gasteiger partial charge in [-0.05, 0) is 37.6 Å². The molecule has 2 aromatic carbocycles. The number of benzene rings is 2. The number of piperidine rings is 1. The molecule has 0 spiro atoms. The average molecular weight is 401 g/mol. The van der Waals surface area contributed by atoms with Crippen molar-refractivity contribution in [3.05, 3.63) is 48.0 Å². The Morgan fingerprint density at radius 2 is 1.97 bits per heavy atom. The summed E-state index contributed by atoms with van der Waals surface area (Å²) < 4.78 is 5.36. The summed E-state index contributed by atoms with van der Waals surface area (Å²) in [5.41, 5.74) is 1.58. The van der Waals surface area contributed by atoms with Crippen LogP contribution in [0.4, 0.5) is 5.82 Å². The van der Waals surface area contributed by atoms with Crippen molar-refractivity contribution in [2.75, 3.05) is 31.6 Å². The van der Waals surface area contributed by atoms with Crippen molar-refractivity contribution >= 4 is 16.6 Å². The molecule has 152 valence electrons. The topological polar surface area (TPSA) is 94.3 Å². The van der Waals surface area contributed by atoms with Crippen LogP contribution in [0.5, 0.6) is 5.75 Å². The number of likely N-dealkylation sites (tertiary alicyclic amines) is 1. The maximum atomic E-state index is 10.4. The highest BCUT2D eigenvalue weighted by Gasteiger charge is 2.30. The highest BCUT2D eigenvalue weighted by Crippen LogP contribution is 2.35. The molecule has 0 amide bonds. The second kappa shape index (κ2) is 7.90. The van der Waals surface area contributed by atoms with E-state index in [0.29, 0.717) is 28.9 Å². The highest BCUT2D eigenvalue weighted by atomic mass is 16.5. The summed E-state index contributed by atoms with van der Waals surface area (Å²) >= 11 is 0. The molecular weight excluding hydrogens is 378 g/mol. The number of nitrogens with one attached hydrogen (secondary N) is 1. The third-order valence-corrected chi connectivity index (χ3v) is 6.00. The molecule has 0 saturated carbocycles. The molecule has 5 rings (SSSR count). The fourth-order valence-electron chi connectivity index (χ4n) is 4.29. The second-order valence-corrected chi connectivity index (χ2v) is 7.96. The van der Waals surface area contributed by atoms with E-state index in [0.717, 1.165) is 55.7 Å². The van der Waals surface area contributed by atoms with Crippen LogP contribution in [0, 0.1) is 11.3 Å². The number of hydrogen-bond acceptors (Lipinski definition) is 7. The number of phenols is 1. The molecule has 1 aromatic heterocycles. The number of nitriles is 1. The first-order chi connectivity index (χ1) is 14.7. The molecule has 30 heavy (non-hydrogen) atoms. The van der Waals surface area contributed by atoms with Crippen LogP contribution >= 0.6 is 0 Å². The molecule has 2 aliphatic heterocycles. The van der Waals surface area contributed by atoms with Gasteiger partial charge in [0.15, 0.2) is 5.82 Å². The van der Waals surface area contributed by atoms with Crippen LogP contribution in [0.15, 0.2) is 42.5 Å². The Bertz CT molecular complexity index is 1120. The third kappa shape index (κ3) is 3.45. The number of rotatable bonds is 4. The lowest BCUT2D eigenvalue weighted by atomic mass is 10.0. The van der Waals surface area contributed by atoms with Gasteiger partial charge in [-0.1, -0.05) is 24.3 Å². The summed E-state index contributed by atoms with van der Waals surface area (Å²) in [5, 5.41) is 33.9. The van der Waals surface area contributed by atoms with E-state index in [1.165, 1.54) is 6.07 Å². The number of aromatic nitrogens is 2. The minimum absolute atomic E-state index is 0.0276. The molecule has 3 aromatic rings. The maximum absolute atomic E-state index is 10.4. The van der Waals surface area contributed by atoms with Gasteiger partial charge in [0.25, 0.3) is 0 Å². The molecule has 0 radical (unpaired) electrons. The lowest BCUT2D eigenvalue weighted by molar-refractivity contribution is -0.0710. The number of phenolic OH excluding ortho intramolecular Hbond substituents is 1. The molecule has 1 unspecified atom stereocenters. The number of ether oxygens (including phenoxy) is 1. The van der Waals surface area contributed by atoms with Gasteiger partial charge in [0.2, 0.25) is 0 Å². The van der Waals surface area contributed by atoms with Crippen molar-refractivity contribution in [2.24, 2.45) is 0 Å². The molecule has 1 atom stereocenters. The van der Waals surface area contributed by atoms with E-state index in [-0.39, 0.29) is 5.75 Å². The first-order valence-electron chi connectivity index (χ1n) is 10.3. The van der Waals surface area contributed by atoms with E-state index in [1.807, 2.05) is 30.3 Å². The zero-order valence-electron chi connectivity index (χ0n) is 16.6. The highest BCUT2D eigenvalue weighted by molar-refractivity contribution is 6.00. The van der Waals surface area contributed by atoms with Gasteiger partial charge in [0.05, 0.1) is 30.9 Å². The van der Waals surface area contributed by atoms with Crippen LogP contribution in [-0.4, -0.2) is 58.6 Å². The van der Waals surface area contributed by atoms with Crippen molar-refractivity contribution in [1.29, 1.82) is 5.26 Å². The maximum Gasteiger partial charge on any atom is 0.156 e. The summed E-state index contributed by atoms with van der Waals surface area (Å²) in [6.07, 6.45) is 2.25. The molecule has 2 fully saturated rings. The number of anilines is 1. The fourth-order valence-corrected chi connectivity index (χ4v) is 4.29. The Hall–Kier alpha value is -3.21. The van der Waals surface area contributed by atoms with Crippen molar-refractivity contribution in [3.63, 3.8) is 0 Å². The van der Waals surface area contributed by atoms with Crippen LogP contribution < -0.4 is 5.32 Å². The molecule has 0 aliphatic carbocycles. The van der Waals surface area contributed by atoms with Gasteiger partial charge < -0.3 is 15.2 Å². The first kappa shape index (κ1) is 18.8. The standard InChI is InChI=1S/C23H23N5O2/c24-11-15-7-8-20(21(29)10-15)22-18-5-1-2-6-19(18)23(27-26-22)25-16-4-3-9-28(12-16)17-13-30-14-17/h1-2,5-8,10,16-17,29H,3-4,9,12-14H2,(H,25,27). The molecule has 0 bridgehead atoms. The average Bonchev–Trinajstić information content (AvgIpc) is 2.73. The third-order valence-electron chi connectivity index (χ3n) is 6.00. The quantitative estimate of drug-likeness (QED) is 0.693. The van der Waals surface area contributed by atoms with E-state index in [1.54, 1.807) is 12.1 Å². The van der Waals surface area contributed by atoms with Gasteiger partial charge >= 0.3 is 0 Å². The van der Waals surface area contributed by atoms with Crippen molar-refractivity contribution < 1.29 is 9.84 Å². The van der Waals surface area contributed by atoms with E-state index in [9.17, 15) is 5.11 Å². The predicted molar refractivity (Wildman–Crippen MR) is 114 cm³/mol. The number of fused-ring (bicyclic) bond motifs is 1. The van der Waals surface area contributed by atoms with Crippen molar-refractivity contribution in [2.45, 2.75) is 24.9 Å². The number of hydrogen-bond donors (Lipinski definition) is 2. The Labute approximate surface area is 174 Å².